The molecule has 2 N–H and O–H groups in total. The van der Waals surface area contributed by atoms with E-state index in [4.69, 9.17) is 9.84 Å². The Bertz CT molecular complexity index is 1200. The zero-order valence-corrected chi connectivity index (χ0v) is 19.1. The van der Waals surface area contributed by atoms with E-state index < -0.39 is 18.0 Å². The SMILES string of the molecule is O=C(Nc1ncc(C(=O)N2CCC(C(=O)O)CC2)s1)OCC1c2ccccc2-c2ccccc21. The summed E-state index contributed by atoms with van der Waals surface area (Å²) in [5, 5.41) is 12.0. The molecule has 8 nitrogen and oxygen atoms in total. The Morgan fingerprint density at radius 2 is 1.65 bits per heavy atom. The van der Waals surface area contributed by atoms with Crippen molar-refractivity contribution < 1.29 is 24.2 Å². The number of aromatic nitrogens is 1. The average molecular weight is 478 g/mol. The lowest BCUT2D eigenvalue weighted by Gasteiger charge is -2.29. The maximum atomic E-state index is 12.7. The number of carboxylic acids is 1. The van der Waals surface area contributed by atoms with Gasteiger partial charge >= 0.3 is 12.1 Å². The van der Waals surface area contributed by atoms with E-state index in [1.165, 1.54) is 6.20 Å². The first-order valence-corrected chi connectivity index (χ1v) is 11.9. The molecule has 0 bridgehead atoms. The van der Waals surface area contributed by atoms with E-state index in [2.05, 4.69) is 34.6 Å². The van der Waals surface area contributed by atoms with Crippen LogP contribution in [0.1, 0.15) is 39.6 Å². The summed E-state index contributed by atoms with van der Waals surface area (Å²) in [6.07, 6.45) is 1.67. The van der Waals surface area contributed by atoms with Crippen molar-refractivity contribution >= 4 is 34.4 Å². The molecule has 0 radical (unpaired) electrons. The van der Waals surface area contributed by atoms with Crippen molar-refractivity contribution in [2.24, 2.45) is 5.92 Å². The van der Waals surface area contributed by atoms with Crippen LogP contribution in [0.4, 0.5) is 9.93 Å². The van der Waals surface area contributed by atoms with Gasteiger partial charge in [-0.2, -0.15) is 0 Å². The molecule has 2 aliphatic rings. The monoisotopic (exact) mass is 477 g/mol. The van der Waals surface area contributed by atoms with Gasteiger partial charge < -0.3 is 14.7 Å². The third kappa shape index (κ3) is 4.26. The van der Waals surface area contributed by atoms with Crippen molar-refractivity contribution in [2.75, 3.05) is 25.0 Å². The zero-order valence-electron chi connectivity index (χ0n) is 18.3. The lowest BCUT2D eigenvalue weighted by atomic mass is 9.97. The molecule has 1 fully saturated rings. The highest BCUT2D eigenvalue weighted by Crippen LogP contribution is 2.44. The van der Waals surface area contributed by atoms with Crippen LogP contribution in [0.5, 0.6) is 0 Å². The van der Waals surface area contributed by atoms with Gasteiger partial charge in [0.25, 0.3) is 5.91 Å². The van der Waals surface area contributed by atoms with Gasteiger partial charge in [-0.15, -0.1) is 0 Å². The topological polar surface area (TPSA) is 109 Å². The van der Waals surface area contributed by atoms with Crippen molar-refractivity contribution in [3.63, 3.8) is 0 Å². The summed E-state index contributed by atoms with van der Waals surface area (Å²) in [4.78, 5) is 42.4. The second kappa shape index (κ2) is 9.26. The van der Waals surface area contributed by atoms with Crippen LogP contribution in [0.25, 0.3) is 11.1 Å². The Morgan fingerprint density at radius 3 is 2.26 bits per heavy atom. The minimum Gasteiger partial charge on any atom is -0.481 e. The molecule has 0 saturated carbocycles. The number of anilines is 1. The van der Waals surface area contributed by atoms with E-state index in [1.54, 1.807) is 4.90 Å². The number of likely N-dealkylation sites (tertiary alicyclic amines) is 1. The van der Waals surface area contributed by atoms with Gasteiger partial charge in [-0.25, -0.2) is 9.78 Å². The molecule has 174 valence electrons. The van der Waals surface area contributed by atoms with Crippen LogP contribution in [0, 0.1) is 5.92 Å². The number of aliphatic carboxylic acids is 1. The minimum atomic E-state index is -0.820. The van der Waals surface area contributed by atoms with Crippen molar-refractivity contribution in [3.05, 3.63) is 70.7 Å². The highest BCUT2D eigenvalue weighted by Gasteiger charge is 2.30. The van der Waals surface area contributed by atoms with Crippen molar-refractivity contribution in [1.82, 2.24) is 9.88 Å². The van der Waals surface area contributed by atoms with E-state index in [-0.39, 0.29) is 23.6 Å². The molecule has 34 heavy (non-hydrogen) atoms. The predicted octanol–water partition coefficient (Wildman–Crippen LogP) is 4.44. The molecular formula is C25H23N3O5S. The normalized spacial score (nSPS) is 15.5. The standard InChI is InChI=1S/C25H23N3O5S/c29-22(28-11-9-15(10-12-28)23(30)31)21-13-26-24(34-21)27-25(32)33-14-20-18-7-3-1-5-16(18)17-6-2-4-8-19(17)20/h1-8,13,15,20H,9-12,14H2,(H,30,31)(H,26,27,32). The molecule has 2 aromatic carbocycles. The first kappa shape index (κ1) is 22.1. The lowest BCUT2D eigenvalue weighted by molar-refractivity contribution is -0.143. The Labute approximate surface area is 200 Å². The number of amides is 2. The molecule has 9 heteroatoms. The average Bonchev–Trinajstić information content (AvgIpc) is 3.45. The fourth-order valence-electron chi connectivity index (χ4n) is 4.64. The Balaban J connectivity index is 1.18. The Morgan fingerprint density at radius 1 is 1.03 bits per heavy atom. The fraction of sp³-hybridized carbons (Fsp3) is 0.280. The first-order valence-electron chi connectivity index (χ1n) is 11.1. The summed E-state index contributed by atoms with van der Waals surface area (Å²) in [7, 11) is 0. The van der Waals surface area contributed by atoms with Crippen LogP contribution in [0.2, 0.25) is 0 Å². The van der Waals surface area contributed by atoms with Gasteiger partial charge in [0, 0.05) is 19.0 Å². The molecule has 1 saturated heterocycles. The van der Waals surface area contributed by atoms with E-state index >= 15 is 0 Å². The molecule has 0 spiro atoms. The number of rotatable bonds is 5. The number of fused-ring (bicyclic) bond motifs is 3. The largest absolute Gasteiger partial charge is 0.481 e. The fourth-order valence-corrected chi connectivity index (χ4v) is 5.41. The van der Waals surface area contributed by atoms with Crippen molar-refractivity contribution in [3.8, 4) is 11.1 Å². The third-order valence-electron chi connectivity index (χ3n) is 6.40. The molecular weight excluding hydrogens is 454 g/mol. The summed E-state index contributed by atoms with van der Waals surface area (Å²) in [5.74, 6) is -1.47. The Hall–Kier alpha value is -3.72. The maximum Gasteiger partial charge on any atom is 0.413 e. The van der Waals surface area contributed by atoms with Gasteiger partial charge in [-0.1, -0.05) is 59.9 Å². The summed E-state index contributed by atoms with van der Waals surface area (Å²) in [5.41, 5.74) is 4.57. The molecule has 1 aromatic heterocycles. The quantitative estimate of drug-likeness (QED) is 0.562. The van der Waals surface area contributed by atoms with E-state index in [1.807, 2.05) is 24.3 Å². The maximum absolute atomic E-state index is 12.7. The second-order valence-corrected chi connectivity index (χ2v) is 9.42. The van der Waals surface area contributed by atoms with Gasteiger partial charge in [-0.3, -0.25) is 14.9 Å². The number of nitrogens with zero attached hydrogens (tertiary/aromatic N) is 2. The smallest absolute Gasteiger partial charge is 0.413 e. The number of nitrogens with one attached hydrogen (secondary N) is 1. The number of carbonyl (C=O) groups excluding carboxylic acids is 2. The minimum absolute atomic E-state index is 0.0414. The molecule has 3 aromatic rings. The number of ether oxygens (including phenoxy) is 1. The number of hydrogen-bond acceptors (Lipinski definition) is 6. The summed E-state index contributed by atoms with van der Waals surface area (Å²) >= 11 is 1.07. The number of carboxylic acid groups (broad SMARTS) is 1. The summed E-state index contributed by atoms with van der Waals surface area (Å²) in [6.45, 7) is 0.973. The second-order valence-electron chi connectivity index (χ2n) is 8.38. The third-order valence-corrected chi connectivity index (χ3v) is 7.30. The summed E-state index contributed by atoms with van der Waals surface area (Å²) < 4.78 is 5.53. The van der Waals surface area contributed by atoms with Gasteiger partial charge in [0.05, 0.1) is 12.1 Å². The van der Waals surface area contributed by atoms with Crippen molar-refractivity contribution in [1.29, 1.82) is 0 Å². The van der Waals surface area contributed by atoms with Crippen LogP contribution >= 0.6 is 11.3 Å². The van der Waals surface area contributed by atoms with E-state index in [0.717, 1.165) is 33.6 Å². The van der Waals surface area contributed by atoms with Gasteiger partial charge in [0.2, 0.25) is 0 Å². The molecule has 2 amide bonds. The molecule has 2 heterocycles. The molecule has 1 aliphatic carbocycles. The zero-order chi connectivity index (χ0) is 23.7. The molecule has 1 aliphatic heterocycles. The number of piperidine rings is 1. The van der Waals surface area contributed by atoms with E-state index in [0.29, 0.717) is 30.8 Å². The molecule has 5 rings (SSSR count). The van der Waals surface area contributed by atoms with Crippen LogP contribution in [-0.4, -0.2) is 52.7 Å². The molecule has 0 atom stereocenters. The number of thiazole rings is 1. The number of benzene rings is 2. The highest BCUT2D eigenvalue weighted by molar-refractivity contribution is 7.17. The molecule has 0 unspecified atom stereocenters. The first-order chi connectivity index (χ1) is 16.5. The van der Waals surface area contributed by atoms with Crippen molar-refractivity contribution in [2.45, 2.75) is 18.8 Å². The van der Waals surface area contributed by atoms with Crippen LogP contribution in [0.3, 0.4) is 0 Å². The van der Waals surface area contributed by atoms with E-state index in [9.17, 15) is 14.4 Å². The number of carbonyl (C=O) groups is 3. The summed E-state index contributed by atoms with van der Waals surface area (Å²) in [6, 6.07) is 16.2. The predicted molar refractivity (Wildman–Crippen MR) is 127 cm³/mol. The lowest BCUT2D eigenvalue weighted by Crippen LogP contribution is -2.39. The van der Waals surface area contributed by atoms with Crippen LogP contribution in [0.15, 0.2) is 54.7 Å². The van der Waals surface area contributed by atoms with Gasteiger partial charge in [0.1, 0.15) is 11.5 Å². The number of hydrogen-bond donors (Lipinski definition) is 2. The highest BCUT2D eigenvalue weighted by atomic mass is 32.1. The Kier molecular flexibility index (Phi) is 6.02. The van der Waals surface area contributed by atoms with Gasteiger partial charge in [0.15, 0.2) is 5.13 Å². The van der Waals surface area contributed by atoms with Crippen LogP contribution in [-0.2, 0) is 9.53 Å². The van der Waals surface area contributed by atoms with Crippen LogP contribution < -0.4 is 5.32 Å². The van der Waals surface area contributed by atoms with Gasteiger partial charge in [-0.05, 0) is 35.1 Å².